The lowest BCUT2D eigenvalue weighted by Gasteiger charge is -2.17. The highest BCUT2D eigenvalue weighted by molar-refractivity contribution is 6.03. The summed E-state index contributed by atoms with van der Waals surface area (Å²) in [5, 5.41) is 3.52. The number of aliphatic imine (C=N–C) groups is 1. The zero-order valence-electron chi connectivity index (χ0n) is 19.3. The molecule has 1 aromatic heterocycles. The zero-order valence-corrected chi connectivity index (χ0v) is 19.3. The average Bonchev–Trinajstić information content (AvgIpc) is 3.16. The lowest BCUT2D eigenvalue weighted by atomic mass is 9.93. The van der Waals surface area contributed by atoms with Crippen LogP contribution in [-0.4, -0.2) is 23.8 Å². The SMILES string of the molecule is c1ccc(COc2ccc(C3=Nc4cc(CCC5CCCNCC5)cnc4CC3)cc2)cc1. The van der Waals surface area contributed by atoms with Gasteiger partial charge in [0.15, 0.2) is 0 Å². The number of aromatic nitrogens is 1. The number of hydrogen-bond donors (Lipinski definition) is 1. The van der Waals surface area contributed by atoms with E-state index in [0.29, 0.717) is 6.61 Å². The fourth-order valence-electron chi connectivity index (χ4n) is 4.83. The molecule has 2 aliphatic rings. The minimum Gasteiger partial charge on any atom is -0.489 e. The first kappa shape index (κ1) is 21.8. The van der Waals surface area contributed by atoms with Crippen molar-refractivity contribution in [2.45, 2.75) is 51.6 Å². The van der Waals surface area contributed by atoms with Gasteiger partial charge in [-0.15, -0.1) is 0 Å². The number of nitrogens with zero attached hydrogens (tertiary/aromatic N) is 2. The van der Waals surface area contributed by atoms with Crippen molar-refractivity contribution in [2.24, 2.45) is 10.9 Å². The van der Waals surface area contributed by atoms with Crippen LogP contribution < -0.4 is 10.1 Å². The molecule has 0 spiro atoms. The molecule has 0 amide bonds. The molecule has 2 aromatic carbocycles. The number of fused-ring (bicyclic) bond motifs is 1. The molecule has 1 atom stereocenters. The van der Waals surface area contributed by atoms with Crippen LogP contribution in [0.3, 0.4) is 0 Å². The molecule has 3 heterocycles. The van der Waals surface area contributed by atoms with Gasteiger partial charge in [-0.2, -0.15) is 0 Å². The number of aryl methyl sites for hydroxylation is 2. The largest absolute Gasteiger partial charge is 0.489 e. The van der Waals surface area contributed by atoms with Crippen LogP contribution in [0, 0.1) is 5.92 Å². The third-order valence-electron chi connectivity index (χ3n) is 6.83. The predicted octanol–water partition coefficient (Wildman–Crippen LogP) is 6.05. The maximum Gasteiger partial charge on any atom is 0.119 e. The van der Waals surface area contributed by atoms with E-state index >= 15 is 0 Å². The van der Waals surface area contributed by atoms with E-state index in [1.54, 1.807) is 0 Å². The Hall–Kier alpha value is -2.98. The highest BCUT2D eigenvalue weighted by Crippen LogP contribution is 2.29. The normalized spacial score (nSPS) is 18.2. The van der Waals surface area contributed by atoms with E-state index in [0.717, 1.165) is 54.6 Å². The predicted molar refractivity (Wildman–Crippen MR) is 135 cm³/mol. The van der Waals surface area contributed by atoms with Crippen molar-refractivity contribution >= 4 is 11.4 Å². The molecule has 0 saturated carbocycles. The van der Waals surface area contributed by atoms with Gasteiger partial charge in [0.1, 0.15) is 12.4 Å². The number of nitrogens with one attached hydrogen (secondary N) is 1. The maximum atomic E-state index is 5.94. The van der Waals surface area contributed by atoms with Crippen LogP contribution in [0.1, 0.15) is 54.5 Å². The zero-order chi connectivity index (χ0) is 22.3. The van der Waals surface area contributed by atoms with Gasteiger partial charge in [-0.25, -0.2) is 0 Å². The molecule has 0 bridgehead atoms. The fraction of sp³-hybridized carbons (Fsp3) is 0.379. The van der Waals surface area contributed by atoms with Crippen molar-refractivity contribution in [3.05, 3.63) is 89.2 Å². The number of benzene rings is 2. The summed E-state index contributed by atoms with van der Waals surface area (Å²) in [4.78, 5) is 9.77. The molecule has 2 aliphatic heterocycles. The summed E-state index contributed by atoms with van der Waals surface area (Å²) in [7, 11) is 0. The van der Waals surface area contributed by atoms with E-state index in [1.807, 2.05) is 30.3 Å². The highest BCUT2D eigenvalue weighted by Gasteiger charge is 2.17. The van der Waals surface area contributed by atoms with Crippen LogP contribution >= 0.6 is 0 Å². The van der Waals surface area contributed by atoms with Crippen LogP contribution in [0.25, 0.3) is 0 Å². The van der Waals surface area contributed by atoms with E-state index in [1.165, 1.54) is 48.9 Å². The van der Waals surface area contributed by atoms with E-state index < -0.39 is 0 Å². The molecular weight excluding hydrogens is 406 g/mol. The second-order valence-corrected chi connectivity index (χ2v) is 9.25. The minimum atomic E-state index is 0.584. The van der Waals surface area contributed by atoms with Gasteiger partial charge in [-0.05, 0) is 111 Å². The Kier molecular flexibility index (Phi) is 7.12. The molecule has 4 heteroatoms. The molecule has 5 rings (SSSR count). The molecule has 1 saturated heterocycles. The lowest BCUT2D eigenvalue weighted by molar-refractivity contribution is 0.306. The van der Waals surface area contributed by atoms with E-state index in [9.17, 15) is 0 Å². The Morgan fingerprint density at radius 2 is 1.79 bits per heavy atom. The summed E-state index contributed by atoms with van der Waals surface area (Å²) in [6.45, 7) is 2.92. The molecule has 0 radical (unpaired) electrons. The summed E-state index contributed by atoms with van der Waals surface area (Å²) in [5.41, 5.74) is 6.99. The van der Waals surface area contributed by atoms with Gasteiger partial charge in [0, 0.05) is 11.9 Å². The second-order valence-electron chi connectivity index (χ2n) is 9.25. The quantitative estimate of drug-likeness (QED) is 0.487. The van der Waals surface area contributed by atoms with Crippen LogP contribution in [0.2, 0.25) is 0 Å². The average molecular weight is 440 g/mol. The summed E-state index contributed by atoms with van der Waals surface area (Å²) < 4.78 is 5.94. The number of pyridine rings is 1. The Morgan fingerprint density at radius 3 is 2.67 bits per heavy atom. The summed E-state index contributed by atoms with van der Waals surface area (Å²) in [6.07, 6.45) is 10.3. The smallest absolute Gasteiger partial charge is 0.119 e. The number of hydrogen-bond acceptors (Lipinski definition) is 4. The molecule has 1 fully saturated rings. The highest BCUT2D eigenvalue weighted by atomic mass is 16.5. The van der Waals surface area contributed by atoms with Crippen LogP contribution in [0.5, 0.6) is 5.75 Å². The van der Waals surface area contributed by atoms with Gasteiger partial charge >= 0.3 is 0 Å². The monoisotopic (exact) mass is 439 g/mol. The Balaban J connectivity index is 1.23. The van der Waals surface area contributed by atoms with Gasteiger partial charge in [-0.1, -0.05) is 30.3 Å². The molecule has 33 heavy (non-hydrogen) atoms. The van der Waals surface area contributed by atoms with E-state index in [4.69, 9.17) is 14.7 Å². The van der Waals surface area contributed by atoms with Crippen molar-refractivity contribution in [3.63, 3.8) is 0 Å². The summed E-state index contributed by atoms with van der Waals surface area (Å²) in [6, 6.07) is 20.9. The first-order valence-electron chi connectivity index (χ1n) is 12.4. The maximum absolute atomic E-state index is 5.94. The summed E-state index contributed by atoms with van der Waals surface area (Å²) >= 11 is 0. The number of ether oxygens (including phenoxy) is 1. The second kappa shape index (κ2) is 10.8. The lowest BCUT2D eigenvalue weighted by Crippen LogP contribution is -2.14. The third-order valence-corrected chi connectivity index (χ3v) is 6.83. The standard InChI is InChI=1S/C29H33N3O/c1-2-5-23(6-3-1)21-33-26-12-10-25(11-13-26)27-14-15-28-29(32-27)19-24(20-31-28)9-8-22-7-4-17-30-18-16-22/h1-3,5-6,10-13,19-20,22,30H,4,7-9,14-18,21H2. The van der Waals surface area contributed by atoms with Crippen molar-refractivity contribution < 1.29 is 4.74 Å². The molecule has 1 N–H and O–H groups in total. The molecular formula is C29H33N3O. The van der Waals surface area contributed by atoms with Gasteiger partial charge < -0.3 is 10.1 Å². The molecule has 4 nitrogen and oxygen atoms in total. The van der Waals surface area contributed by atoms with Crippen molar-refractivity contribution in [3.8, 4) is 5.75 Å². The first-order valence-corrected chi connectivity index (χ1v) is 12.4. The molecule has 1 unspecified atom stereocenters. The molecule has 0 aliphatic carbocycles. The molecule has 3 aromatic rings. The first-order chi connectivity index (χ1) is 16.3. The van der Waals surface area contributed by atoms with Crippen molar-refractivity contribution in [2.75, 3.05) is 13.1 Å². The third kappa shape index (κ3) is 5.88. The van der Waals surface area contributed by atoms with Gasteiger partial charge in [0.05, 0.1) is 11.4 Å². The minimum absolute atomic E-state index is 0.584. The van der Waals surface area contributed by atoms with Gasteiger partial charge in [0.2, 0.25) is 0 Å². The Morgan fingerprint density at radius 1 is 0.909 bits per heavy atom. The van der Waals surface area contributed by atoms with E-state index in [2.05, 4.69) is 41.8 Å². The molecule has 170 valence electrons. The number of rotatable bonds is 7. The van der Waals surface area contributed by atoms with Crippen molar-refractivity contribution in [1.29, 1.82) is 0 Å². The van der Waals surface area contributed by atoms with Crippen LogP contribution in [0.4, 0.5) is 5.69 Å². The van der Waals surface area contributed by atoms with Crippen molar-refractivity contribution in [1.82, 2.24) is 10.3 Å². The summed E-state index contributed by atoms with van der Waals surface area (Å²) in [5.74, 6) is 1.72. The topological polar surface area (TPSA) is 46.5 Å². The van der Waals surface area contributed by atoms with E-state index in [-0.39, 0.29) is 0 Å². The van der Waals surface area contributed by atoms with Crippen LogP contribution in [-0.2, 0) is 19.4 Å². The van der Waals surface area contributed by atoms with Gasteiger partial charge in [0.25, 0.3) is 0 Å². The fourth-order valence-corrected chi connectivity index (χ4v) is 4.83. The Bertz CT molecular complexity index is 1070. The van der Waals surface area contributed by atoms with Gasteiger partial charge in [-0.3, -0.25) is 9.98 Å². The Labute approximate surface area is 197 Å². The van der Waals surface area contributed by atoms with Crippen LogP contribution in [0.15, 0.2) is 71.9 Å².